The van der Waals surface area contributed by atoms with Crippen LogP contribution < -0.4 is 15.0 Å². The lowest BCUT2D eigenvalue weighted by Crippen LogP contribution is -2.29. The van der Waals surface area contributed by atoms with Crippen LogP contribution in [0.3, 0.4) is 0 Å². The molecule has 0 radical (unpaired) electrons. The normalized spacial score (nSPS) is 19.7. The molecule has 1 aliphatic rings. The van der Waals surface area contributed by atoms with E-state index < -0.39 is 0 Å². The highest BCUT2D eigenvalue weighted by Gasteiger charge is 2.21. The highest BCUT2D eigenvalue weighted by Crippen LogP contribution is 2.26. The molecule has 1 saturated heterocycles. The van der Waals surface area contributed by atoms with Gasteiger partial charge in [-0.3, -0.25) is 0 Å². The Labute approximate surface area is 102 Å². The third kappa shape index (κ3) is 2.69. The largest absolute Gasteiger partial charge is 0.491 e. The van der Waals surface area contributed by atoms with E-state index in [2.05, 4.69) is 10.2 Å². The van der Waals surface area contributed by atoms with Gasteiger partial charge in [0.05, 0.1) is 6.61 Å². The zero-order valence-corrected chi connectivity index (χ0v) is 10.4. The van der Waals surface area contributed by atoms with Crippen molar-refractivity contribution in [2.45, 2.75) is 19.4 Å². The molecule has 0 aromatic heterocycles. The van der Waals surface area contributed by atoms with Gasteiger partial charge in [0.2, 0.25) is 0 Å². The standard InChI is InChI=1S/C13H19FN2O/c1-3-17-13-5-4-11(8-12(13)14)16-7-6-10(9-16)15-2/h4-5,8,10,15H,3,6-7,9H2,1-2H3. The molecule has 1 heterocycles. The van der Waals surface area contributed by atoms with E-state index in [1.54, 1.807) is 12.1 Å². The Bertz CT molecular complexity index is 384. The van der Waals surface area contributed by atoms with Crippen LogP contribution in [0.4, 0.5) is 10.1 Å². The summed E-state index contributed by atoms with van der Waals surface area (Å²) >= 11 is 0. The first kappa shape index (κ1) is 12.2. The lowest BCUT2D eigenvalue weighted by atomic mass is 10.2. The van der Waals surface area contributed by atoms with E-state index in [0.29, 0.717) is 18.4 Å². The third-order valence-electron chi connectivity index (χ3n) is 3.18. The minimum Gasteiger partial charge on any atom is -0.491 e. The molecule has 1 N–H and O–H groups in total. The van der Waals surface area contributed by atoms with Crippen LogP contribution in [0, 0.1) is 5.82 Å². The molecule has 0 spiro atoms. The first-order valence-electron chi connectivity index (χ1n) is 6.09. The van der Waals surface area contributed by atoms with Gasteiger partial charge in [-0.1, -0.05) is 0 Å². The van der Waals surface area contributed by atoms with Gasteiger partial charge in [0.15, 0.2) is 11.6 Å². The summed E-state index contributed by atoms with van der Waals surface area (Å²) in [5.74, 6) is 0.0536. The molecule has 0 saturated carbocycles. The van der Waals surface area contributed by atoms with Crippen LogP contribution in [0.15, 0.2) is 18.2 Å². The highest BCUT2D eigenvalue weighted by atomic mass is 19.1. The third-order valence-corrected chi connectivity index (χ3v) is 3.18. The van der Waals surface area contributed by atoms with Crippen LogP contribution in [0.1, 0.15) is 13.3 Å². The lowest BCUT2D eigenvalue weighted by molar-refractivity contribution is 0.321. The number of likely N-dealkylation sites (N-methyl/N-ethyl adjacent to an activating group) is 1. The summed E-state index contributed by atoms with van der Waals surface area (Å²) in [6.07, 6.45) is 1.10. The van der Waals surface area contributed by atoms with Gasteiger partial charge in [0.1, 0.15) is 0 Å². The molecule has 2 rings (SSSR count). The molecule has 1 aliphatic heterocycles. The predicted octanol–water partition coefficient (Wildman–Crippen LogP) is 2.02. The van der Waals surface area contributed by atoms with Gasteiger partial charge in [-0.05, 0) is 32.5 Å². The molecule has 17 heavy (non-hydrogen) atoms. The maximum atomic E-state index is 13.7. The molecule has 1 fully saturated rings. The fourth-order valence-corrected chi connectivity index (χ4v) is 2.19. The number of hydrogen-bond donors (Lipinski definition) is 1. The van der Waals surface area contributed by atoms with Crippen LogP contribution in [0.5, 0.6) is 5.75 Å². The molecule has 1 aromatic carbocycles. The molecular weight excluding hydrogens is 219 g/mol. The number of nitrogens with zero attached hydrogens (tertiary/aromatic N) is 1. The topological polar surface area (TPSA) is 24.5 Å². The monoisotopic (exact) mass is 238 g/mol. The minimum absolute atomic E-state index is 0.280. The van der Waals surface area contributed by atoms with Crippen molar-refractivity contribution in [1.29, 1.82) is 0 Å². The van der Waals surface area contributed by atoms with Gasteiger partial charge < -0.3 is 15.0 Å². The fraction of sp³-hybridized carbons (Fsp3) is 0.538. The van der Waals surface area contributed by atoms with Crippen molar-refractivity contribution in [1.82, 2.24) is 5.32 Å². The van der Waals surface area contributed by atoms with Crippen LogP contribution >= 0.6 is 0 Å². The summed E-state index contributed by atoms with van der Waals surface area (Å²) in [6, 6.07) is 5.69. The van der Waals surface area contributed by atoms with Crippen LogP contribution in [0.25, 0.3) is 0 Å². The summed E-state index contributed by atoms with van der Waals surface area (Å²) in [5, 5.41) is 3.25. The van der Waals surface area contributed by atoms with Crippen molar-refractivity contribution in [3.63, 3.8) is 0 Å². The van der Waals surface area contributed by atoms with Crippen molar-refractivity contribution in [2.24, 2.45) is 0 Å². The predicted molar refractivity (Wildman–Crippen MR) is 67.2 cm³/mol. The number of hydrogen-bond acceptors (Lipinski definition) is 3. The zero-order valence-electron chi connectivity index (χ0n) is 10.4. The van der Waals surface area contributed by atoms with Gasteiger partial charge in [-0.15, -0.1) is 0 Å². The molecule has 4 heteroatoms. The summed E-state index contributed by atoms with van der Waals surface area (Å²) in [4.78, 5) is 2.19. The van der Waals surface area contributed by atoms with Crippen molar-refractivity contribution >= 4 is 5.69 Å². The van der Waals surface area contributed by atoms with Gasteiger partial charge in [-0.25, -0.2) is 4.39 Å². The number of ether oxygens (including phenoxy) is 1. The summed E-state index contributed by atoms with van der Waals surface area (Å²) in [6.45, 7) is 4.25. The van der Waals surface area contributed by atoms with E-state index in [4.69, 9.17) is 4.74 Å². The number of benzene rings is 1. The number of halogens is 1. The maximum Gasteiger partial charge on any atom is 0.167 e. The van der Waals surface area contributed by atoms with Gasteiger partial charge in [0.25, 0.3) is 0 Å². The maximum absolute atomic E-state index is 13.7. The average Bonchev–Trinajstić information content (AvgIpc) is 2.80. The highest BCUT2D eigenvalue weighted by molar-refractivity contribution is 5.50. The molecular formula is C13H19FN2O. The molecule has 0 aliphatic carbocycles. The molecule has 0 bridgehead atoms. The second-order valence-corrected chi connectivity index (χ2v) is 4.27. The van der Waals surface area contributed by atoms with E-state index >= 15 is 0 Å². The number of anilines is 1. The van der Waals surface area contributed by atoms with Crippen molar-refractivity contribution in [3.8, 4) is 5.75 Å². The Morgan fingerprint density at radius 3 is 2.94 bits per heavy atom. The van der Waals surface area contributed by atoms with Crippen LogP contribution in [-0.2, 0) is 0 Å². The van der Waals surface area contributed by atoms with Crippen LogP contribution in [-0.4, -0.2) is 32.8 Å². The van der Waals surface area contributed by atoms with E-state index in [-0.39, 0.29) is 5.82 Å². The minimum atomic E-state index is -0.280. The summed E-state index contributed by atoms with van der Waals surface area (Å²) in [7, 11) is 1.97. The summed E-state index contributed by atoms with van der Waals surface area (Å²) in [5.41, 5.74) is 0.934. The Kier molecular flexibility index (Phi) is 3.84. The second kappa shape index (κ2) is 5.36. The number of rotatable bonds is 4. The Morgan fingerprint density at radius 2 is 2.35 bits per heavy atom. The van der Waals surface area contributed by atoms with Gasteiger partial charge >= 0.3 is 0 Å². The quantitative estimate of drug-likeness (QED) is 0.868. The molecule has 94 valence electrons. The van der Waals surface area contributed by atoms with E-state index in [1.807, 2.05) is 20.0 Å². The zero-order chi connectivity index (χ0) is 12.3. The first-order valence-corrected chi connectivity index (χ1v) is 6.09. The van der Waals surface area contributed by atoms with E-state index in [0.717, 1.165) is 25.2 Å². The molecule has 0 amide bonds. The lowest BCUT2D eigenvalue weighted by Gasteiger charge is -2.19. The molecule has 3 nitrogen and oxygen atoms in total. The van der Waals surface area contributed by atoms with Gasteiger partial charge in [-0.2, -0.15) is 0 Å². The Hall–Kier alpha value is -1.29. The van der Waals surface area contributed by atoms with Gasteiger partial charge in [0, 0.05) is 30.9 Å². The van der Waals surface area contributed by atoms with Crippen molar-refractivity contribution in [3.05, 3.63) is 24.0 Å². The SMILES string of the molecule is CCOc1ccc(N2CCC(NC)C2)cc1F. The Morgan fingerprint density at radius 1 is 1.53 bits per heavy atom. The smallest absolute Gasteiger partial charge is 0.167 e. The number of nitrogens with one attached hydrogen (secondary N) is 1. The van der Waals surface area contributed by atoms with Crippen molar-refractivity contribution in [2.75, 3.05) is 31.6 Å². The molecule has 1 aromatic rings. The average molecular weight is 238 g/mol. The van der Waals surface area contributed by atoms with Crippen molar-refractivity contribution < 1.29 is 9.13 Å². The van der Waals surface area contributed by atoms with E-state index in [9.17, 15) is 4.39 Å². The first-order chi connectivity index (χ1) is 8.24. The fourth-order valence-electron chi connectivity index (χ4n) is 2.19. The summed E-state index contributed by atoms with van der Waals surface area (Å²) < 4.78 is 18.9. The molecule has 1 unspecified atom stereocenters. The molecule has 1 atom stereocenters. The van der Waals surface area contributed by atoms with E-state index in [1.165, 1.54) is 0 Å². The van der Waals surface area contributed by atoms with Crippen LogP contribution in [0.2, 0.25) is 0 Å². The second-order valence-electron chi connectivity index (χ2n) is 4.27. The Balaban J connectivity index is 2.09.